The molecule has 6 nitrogen and oxygen atoms in total. The molecule has 2 aromatic carbocycles. The minimum atomic E-state index is -4.53. The second kappa shape index (κ2) is 8.84. The molecule has 0 bridgehead atoms. The summed E-state index contributed by atoms with van der Waals surface area (Å²) < 4.78 is 55.7. The number of thiophene rings is 1. The van der Waals surface area contributed by atoms with Gasteiger partial charge in [0.25, 0.3) is 20.0 Å². The highest BCUT2D eigenvalue weighted by molar-refractivity contribution is 8.10. The van der Waals surface area contributed by atoms with Gasteiger partial charge in [0.2, 0.25) is 0 Å². The Kier molecular flexibility index (Phi) is 6.36. The molecule has 0 radical (unpaired) electrons. The van der Waals surface area contributed by atoms with Crippen LogP contribution in [0.2, 0.25) is 0 Å². The Labute approximate surface area is 205 Å². The molecule has 4 rings (SSSR count). The zero-order valence-corrected chi connectivity index (χ0v) is 21.7. The van der Waals surface area contributed by atoms with Crippen molar-refractivity contribution < 1.29 is 16.8 Å². The number of benzene rings is 2. The van der Waals surface area contributed by atoms with E-state index >= 15 is 0 Å². The van der Waals surface area contributed by atoms with Gasteiger partial charge in [-0.3, -0.25) is 0 Å². The lowest BCUT2D eigenvalue weighted by Gasteiger charge is -2.33. The van der Waals surface area contributed by atoms with Crippen molar-refractivity contribution >= 4 is 36.4 Å². The minimum Gasteiger partial charge on any atom is -0.200 e. The maximum atomic E-state index is 13.8. The molecule has 178 valence electrons. The molecule has 0 aliphatic heterocycles. The Hall–Kier alpha value is -2.67. The molecular weight excluding hydrogens is 488 g/mol. The number of sulfonamides is 2. The van der Waals surface area contributed by atoms with Gasteiger partial charge in [0.15, 0.2) is 0 Å². The van der Waals surface area contributed by atoms with E-state index in [-0.39, 0.29) is 25.8 Å². The molecule has 1 unspecified atom stereocenters. The summed E-state index contributed by atoms with van der Waals surface area (Å²) >= 11 is 1.10. The molecule has 0 saturated carbocycles. The number of nitriles is 1. The van der Waals surface area contributed by atoms with Crippen molar-refractivity contribution in [2.24, 2.45) is 11.3 Å². The molecule has 34 heavy (non-hydrogen) atoms. The van der Waals surface area contributed by atoms with Crippen LogP contribution in [0.4, 0.5) is 5.00 Å². The molecule has 0 amide bonds. The Balaban J connectivity index is 1.97. The van der Waals surface area contributed by atoms with Crippen LogP contribution in [0.25, 0.3) is 0 Å². The first-order valence-electron chi connectivity index (χ1n) is 10.9. The van der Waals surface area contributed by atoms with E-state index in [2.05, 4.69) is 26.8 Å². The maximum Gasteiger partial charge on any atom is 0.278 e. The lowest BCUT2D eigenvalue weighted by Crippen LogP contribution is -2.37. The fourth-order valence-corrected chi connectivity index (χ4v) is 9.84. The summed E-state index contributed by atoms with van der Waals surface area (Å²) in [4.78, 5) is 0.573. The number of anilines is 1. The highest BCUT2D eigenvalue weighted by Crippen LogP contribution is 2.47. The Bertz CT molecular complexity index is 1380. The third-order valence-electron chi connectivity index (χ3n) is 6.27. The smallest absolute Gasteiger partial charge is 0.200 e. The van der Waals surface area contributed by atoms with Crippen LogP contribution in [0.15, 0.2) is 70.5 Å². The average Bonchev–Trinajstić information content (AvgIpc) is 3.16. The van der Waals surface area contributed by atoms with E-state index in [9.17, 15) is 22.1 Å². The van der Waals surface area contributed by atoms with Gasteiger partial charge in [-0.15, -0.1) is 15.0 Å². The lowest BCUT2D eigenvalue weighted by molar-refractivity contribution is 0.218. The molecule has 1 heterocycles. The van der Waals surface area contributed by atoms with Crippen LogP contribution in [0.5, 0.6) is 0 Å². The fraction of sp³-hybridized carbons (Fsp3) is 0.320. The fourth-order valence-electron chi connectivity index (χ4n) is 4.28. The molecule has 1 aromatic heterocycles. The van der Waals surface area contributed by atoms with Gasteiger partial charge in [-0.2, -0.15) is 22.1 Å². The van der Waals surface area contributed by atoms with E-state index in [1.54, 1.807) is 36.4 Å². The van der Waals surface area contributed by atoms with Crippen LogP contribution >= 0.6 is 11.3 Å². The van der Waals surface area contributed by atoms with Crippen LogP contribution < -0.4 is 3.71 Å². The Morgan fingerprint density at radius 2 is 1.41 bits per heavy atom. The van der Waals surface area contributed by atoms with Gasteiger partial charge in [0, 0.05) is 4.88 Å². The third kappa shape index (κ3) is 4.26. The van der Waals surface area contributed by atoms with Gasteiger partial charge >= 0.3 is 0 Å². The molecule has 9 heteroatoms. The molecular formula is C25H26N2O4S3. The molecule has 0 N–H and O–H groups in total. The molecule has 0 spiro atoms. The minimum absolute atomic E-state index is 0.0422. The molecule has 0 saturated heterocycles. The van der Waals surface area contributed by atoms with Crippen molar-refractivity contribution in [2.75, 3.05) is 3.71 Å². The summed E-state index contributed by atoms with van der Waals surface area (Å²) in [5.41, 5.74) is 0.937. The first-order valence-corrected chi connectivity index (χ1v) is 14.6. The van der Waals surface area contributed by atoms with Crippen molar-refractivity contribution in [2.45, 2.75) is 49.8 Å². The summed E-state index contributed by atoms with van der Waals surface area (Å²) in [7, 11) is -9.06. The second-order valence-electron chi connectivity index (χ2n) is 9.43. The molecule has 3 aromatic rings. The van der Waals surface area contributed by atoms with E-state index in [0.717, 1.165) is 28.2 Å². The number of rotatable bonds is 5. The highest BCUT2D eigenvalue weighted by atomic mass is 32.3. The van der Waals surface area contributed by atoms with Crippen LogP contribution in [-0.4, -0.2) is 16.8 Å². The van der Waals surface area contributed by atoms with Gasteiger partial charge in [-0.1, -0.05) is 57.2 Å². The SMILES string of the molecule is CC(C)(C)C1CCc2c(sc(N(S(=O)(=O)c3ccccc3)S(=O)(=O)c3ccccc3)c2C#N)C1. The predicted molar refractivity (Wildman–Crippen MR) is 134 cm³/mol. The normalized spacial score (nSPS) is 16.5. The quantitative estimate of drug-likeness (QED) is 0.457. The summed E-state index contributed by atoms with van der Waals surface area (Å²) in [6, 6.07) is 17.0. The summed E-state index contributed by atoms with van der Waals surface area (Å²) in [5.74, 6) is 0.350. The molecule has 1 atom stereocenters. The third-order valence-corrected chi connectivity index (χ3v) is 11.9. The zero-order chi connectivity index (χ0) is 24.7. The van der Waals surface area contributed by atoms with Gasteiger partial charge in [-0.05, 0) is 60.4 Å². The number of hydrogen-bond acceptors (Lipinski definition) is 6. The van der Waals surface area contributed by atoms with Crippen molar-refractivity contribution in [3.8, 4) is 6.07 Å². The van der Waals surface area contributed by atoms with Gasteiger partial charge in [0.1, 0.15) is 11.1 Å². The molecule has 0 fully saturated rings. The van der Waals surface area contributed by atoms with E-state index < -0.39 is 20.0 Å². The topological polar surface area (TPSA) is 95.3 Å². The van der Waals surface area contributed by atoms with Crippen LogP contribution in [0, 0.1) is 22.7 Å². The van der Waals surface area contributed by atoms with E-state index in [0.29, 0.717) is 22.5 Å². The summed E-state index contributed by atoms with van der Waals surface area (Å²) in [6.45, 7) is 6.48. The maximum absolute atomic E-state index is 13.8. The van der Waals surface area contributed by atoms with Crippen molar-refractivity contribution in [3.05, 3.63) is 76.7 Å². The highest BCUT2D eigenvalue weighted by Gasteiger charge is 2.42. The average molecular weight is 515 g/mol. The van der Waals surface area contributed by atoms with E-state index in [1.165, 1.54) is 24.3 Å². The number of nitrogens with zero attached hydrogens (tertiary/aromatic N) is 2. The Morgan fingerprint density at radius 1 is 0.912 bits per heavy atom. The van der Waals surface area contributed by atoms with Crippen molar-refractivity contribution in [1.82, 2.24) is 0 Å². The monoisotopic (exact) mass is 514 g/mol. The number of hydrogen-bond donors (Lipinski definition) is 0. The largest absolute Gasteiger partial charge is 0.278 e. The standard InChI is InChI=1S/C25H26N2O4S3/c1-25(2,3)18-14-15-21-22(17-26)24(32-23(21)16-18)27(33(28,29)19-10-6-4-7-11-19)34(30,31)20-12-8-5-9-13-20/h4-13,18H,14-16H2,1-3H3. The van der Waals surface area contributed by atoms with E-state index in [4.69, 9.17) is 0 Å². The van der Waals surface area contributed by atoms with Gasteiger partial charge < -0.3 is 0 Å². The zero-order valence-electron chi connectivity index (χ0n) is 19.2. The van der Waals surface area contributed by atoms with Crippen molar-refractivity contribution in [3.63, 3.8) is 0 Å². The van der Waals surface area contributed by atoms with Crippen LogP contribution in [0.1, 0.15) is 43.2 Å². The van der Waals surface area contributed by atoms with Crippen LogP contribution in [-0.2, 0) is 32.9 Å². The van der Waals surface area contributed by atoms with Crippen molar-refractivity contribution in [1.29, 1.82) is 5.26 Å². The first-order chi connectivity index (χ1) is 16.0. The summed E-state index contributed by atoms with van der Waals surface area (Å²) in [6.07, 6.45) is 2.16. The second-order valence-corrected chi connectivity index (χ2v) is 14.3. The van der Waals surface area contributed by atoms with Gasteiger partial charge in [0.05, 0.1) is 15.4 Å². The Morgan fingerprint density at radius 3 is 1.85 bits per heavy atom. The van der Waals surface area contributed by atoms with E-state index in [1.807, 2.05) is 0 Å². The van der Waals surface area contributed by atoms with Gasteiger partial charge in [-0.25, -0.2) is 0 Å². The summed E-state index contributed by atoms with van der Waals surface area (Å²) in [5, 5.41) is 9.99. The van der Waals surface area contributed by atoms with Crippen LogP contribution in [0.3, 0.4) is 0 Å². The predicted octanol–water partition coefficient (Wildman–Crippen LogP) is 5.35. The number of fused-ring (bicyclic) bond motifs is 1. The molecule has 1 aliphatic carbocycles. The molecule has 1 aliphatic rings. The lowest BCUT2D eigenvalue weighted by atomic mass is 9.72. The first kappa shape index (κ1) is 24.5.